The van der Waals surface area contributed by atoms with E-state index < -0.39 is 0 Å². The topological polar surface area (TPSA) is 26.3 Å². The quantitative estimate of drug-likeness (QED) is 0.403. The second-order valence-electron chi connectivity index (χ2n) is 4.73. The van der Waals surface area contributed by atoms with Gasteiger partial charge in [-0.25, -0.2) is 0 Å². The van der Waals surface area contributed by atoms with E-state index in [1.54, 1.807) is 0 Å². The first-order valence-electron chi connectivity index (χ1n) is 6.56. The van der Waals surface area contributed by atoms with E-state index in [1.165, 1.54) is 39.0 Å². The average molecular weight is 224 g/mol. The zero-order chi connectivity index (χ0) is 11.8. The third-order valence-corrected chi connectivity index (χ3v) is 3.13. The van der Waals surface area contributed by atoms with Crippen molar-refractivity contribution in [1.82, 2.24) is 0 Å². The van der Waals surface area contributed by atoms with Crippen LogP contribution >= 0.6 is 0 Å². The van der Waals surface area contributed by atoms with Crippen LogP contribution < -0.4 is 0 Å². The Balaban J connectivity index is 2.27. The molecule has 16 heavy (non-hydrogen) atoms. The number of allylic oxidation sites excluding steroid dienone is 2. The van der Waals surface area contributed by atoms with Gasteiger partial charge in [-0.2, -0.15) is 0 Å². The second-order valence-corrected chi connectivity index (χ2v) is 4.73. The summed E-state index contributed by atoms with van der Waals surface area (Å²) >= 11 is 0. The molecular weight excluding hydrogens is 200 g/mol. The fourth-order valence-corrected chi connectivity index (χ4v) is 2.31. The van der Waals surface area contributed by atoms with Crippen LogP contribution in [0.2, 0.25) is 0 Å². The first-order valence-corrected chi connectivity index (χ1v) is 6.56. The summed E-state index contributed by atoms with van der Waals surface area (Å²) < 4.78 is 5.28. The maximum atomic E-state index is 10.9. The number of hydrogen-bond acceptors (Lipinski definition) is 2. The van der Waals surface area contributed by atoms with E-state index in [0.717, 1.165) is 12.8 Å². The highest BCUT2D eigenvalue weighted by Gasteiger charge is 2.21. The molecule has 0 radical (unpaired) electrons. The lowest BCUT2D eigenvalue weighted by molar-refractivity contribution is -0.148. The molecule has 0 aromatic carbocycles. The van der Waals surface area contributed by atoms with Crippen LogP contribution in [0.1, 0.15) is 58.8 Å². The van der Waals surface area contributed by atoms with E-state index >= 15 is 0 Å². The molecule has 1 aliphatic rings. The predicted molar refractivity (Wildman–Crippen MR) is 66.2 cm³/mol. The van der Waals surface area contributed by atoms with E-state index in [1.807, 2.05) is 0 Å². The van der Waals surface area contributed by atoms with Crippen molar-refractivity contribution in [3.05, 3.63) is 12.2 Å². The van der Waals surface area contributed by atoms with Gasteiger partial charge in [0.1, 0.15) is 6.10 Å². The normalized spacial score (nSPS) is 25.9. The summed E-state index contributed by atoms with van der Waals surface area (Å²) in [5, 5.41) is 0. The molecule has 2 heteroatoms. The first kappa shape index (κ1) is 13.3. The predicted octanol–water partition coefficient (Wildman–Crippen LogP) is 3.85. The molecule has 1 saturated carbocycles. The minimum Gasteiger partial charge on any atom is -0.463 e. The molecule has 1 aliphatic carbocycles. The van der Waals surface area contributed by atoms with Gasteiger partial charge < -0.3 is 4.74 Å². The zero-order valence-electron chi connectivity index (χ0n) is 10.6. The summed E-state index contributed by atoms with van der Waals surface area (Å²) in [7, 11) is 0. The van der Waals surface area contributed by atoms with Crippen LogP contribution in [-0.4, -0.2) is 12.1 Å². The lowest BCUT2D eigenvalue weighted by Crippen LogP contribution is -2.23. The number of esters is 1. The molecule has 0 heterocycles. The summed E-state index contributed by atoms with van der Waals surface area (Å²) in [6.07, 6.45) is 13.0. The smallest absolute Gasteiger partial charge is 0.302 e. The molecule has 0 saturated heterocycles. The van der Waals surface area contributed by atoms with Crippen LogP contribution in [0, 0.1) is 5.92 Å². The van der Waals surface area contributed by atoms with Crippen LogP contribution in [0.3, 0.4) is 0 Å². The number of unbranched alkanes of at least 4 members (excludes halogenated alkanes) is 2. The molecule has 92 valence electrons. The summed E-state index contributed by atoms with van der Waals surface area (Å²) in [5.74, 6) is 0.482. The maximum Gasteiger partial charge on any atom is 0.302 e. The second kappa shape index (κ2) is 7.48. The molecule has 0 bridgehead atoms. The van der Waals surface area contributed by atoms with Crippen LogP contribution in [0.5, 0.6) is 0 Å². The van der Waals surface area contributed by atoms with Crippen molar-refractivity contribution >= 4 is 5.97 Å². The highest BCUT2D eigenvalue weighted by molar-refractivity contribution is 5.66. The molecule has 2 nitrogen and oxygen atoms in total. The van der Waals surface area contributed by atoms with Crippen molar-refractivity contribution < 1.29 is 9.53 Å². The van der Waals surface area contributed by atoms with Gasteiger partial charge in [0.05, 0.1) is 0 Å². The van der Waals surface area contributed by atoms with Crippen LogP contribution in [0.4, 0.5) is 0 Å². The third-order valence-electron chi connectivity index (χ3n) is 3.13. The highest BCUT2D eigenvalue weighted by atomic mass is 16.5. The van der Waals surface area contributed by atoms with Gasteiger partial charge in [0, 0.05) is 6.92 Å². The van der Waals surface area contributed by atoms with Crippen molar-refractivity contribution in [3.63, 3.8) is 0 Å². The molecule has 1 fully saturated rings. The largest absolute Gasteiger partial charge is 0.463 e. The monoisotopic (exact) mass is 224 g/mol. The first-order chi connectivity index (χ1) is 7.72. The third kappa shape index (κ3) is 5.34. The average Bonchev–Trinajstić information content (AvgIpc) is 2.24. The molecule has 0 spiro atoms. The molecule has 0 aromatic heterocycles. The Morgan fingerprint density at radius 3 is 2.94 bits per heavy atom. The fourth-order valence-electron chi connectivity index (χ4n) is 2.31. The summed E-state index contributed by atoms with van der Waals surface area (Å²) in [5.41, 5.74) is 0. The van der Waals surface area contributed by atoms with Crippen LogP contribution in [0.25, 0.3) is 0 Å². The van der Waals surface area contributed by atoms with Crippen LogP contribution in [-0.2, 0) is 9.53 Å². The van der Waals surface area contributed by atoms with E-state index in [4.69, 9.17) is 4.74 Å². The Morgan fingerprint density at radius 1 is 1.44 bits per heavy atom. The molecule has 0 amide bonds. The number of hydrogen-bond donors (Lipinski definition) is 0. The Hall–Kier alpha value is -0.790. The van der Waals surface area contributed by atoms with E-state index in [2.05, 4.69) is 19.1 Å². The van der Waals surface area contributed by atoms with Crippen molar-refractivity contribution in [2.45, 2.75) is 64.9 Å². The Morgan fingerprint density at radius 2 is 2.25 bits per heavy atom. The van der Waals surface area contributed by atoms with Crippen LogP contribution in [0.15, 0.2) is 12.2 Å². The van der Waals surface area contributed by atoms with Gasteiger partial charge in [-0.05, 0) is 38.0 Å². The molecule has 0 aromatic rings. The summed E-state index contributed by atoms with van der Waals surface area (Å²) in [4.78, 5) is 10.9. The Bertz CT molecular complexity index is 233. The SMILES string of the molecule is CCCCC=CC1CCCC(OC(C)=O)C1. The number of rotatable bonds is 5. The highest BCUT2D eigenvalue weighted by Crippen LogP contribution is 2.27. The Labute approximate surface area is 99.1 Å². The van der Waals surface area contributed by atoms with Gasteiger partial charge in [0.25, 0.3) is 0 Å². The van der Waals surface area contributed by atoms with Crippen molar-refractivity contribution in [3.8, 4) is 0 Å². The van der Waals surface area contributed by atoms with Crippen molar-refractivity contribution in [1.29, 1.82) is 0 Å². The number of ether oxygens (including phenoxy) is 1. The van der Waals surface area contributed by atoms with E-state index in [0.29, 0.717) is 5.92 Å². The minimum absolute atomic E-state index is 0.138. The molecular formula is C14H24O2. The molecule has 2 atom stereocenters. The minimum atomic E-state index is -0.138. The standard InChI is InChI=1S/C14H24O2/c1-3-4-5-6-8-13-9-7-10-14(11-13)16-12(2)15/h6,8,13-14H,3-5,7,9-11H2,1-2H3. The van der Waals surface area contributed by atoms with Gasteiger partial charge in [0.2, 0.25) is 0 Å². The maximum absolute atomic E-state index is 10.9. The van der Waals surface area contributed by atoms with Crippen molar-refractivity contribution in [2.75, 3.05) is 0 Å². The molecule has 0 aliphatic heterocycles. The van der Waals surface area contributed by atoms with Gasteiger partial charge in [-0.3, -0.25) is 4.79 Å². The number of carbonyl (C=O) groups excluding carboxylic acids is 1. The molecule has 0 N–H and O–H groups in total. The van der Waals surface area contributed by atoms with Gasteiger partial charge in [-0.1, -0.05) is 31.9 Å². The molecule has 2 unspecified atom stereocenters. The van der Waals surface area contributed by atoms with E-state index in [-0.39, 0.29) is 12.1 Å². The number of carbonyl (C=O) groups is 1. The summed E-state index contributed by atoms with van der Waals surface area (Å²) in [6.45, 7) is 3.71. The lowest BCUT2D eigenvalue weighted by atomic mass is 9.87. The van der Waals surface area contributed by atoms with Crippen molar-refractivity contribution in [2.24, 2.45) is 5.92 Å². The van der Waals surface area contributed by atoms with Gasteiger partial charge in [-0.15, -0.1) is 0 Å². The lowest BCUT2D eigenvalue weighted by Gasteiger charge is -2.26. The zero-order valence-corrected chi connectivity index (χ0v) is 10.6. The van der Waals surface area contributed by atoms with Gasteiger partial charge in [0.15, 0.2) is 0 Å². The fraction of sp³-hybridized carbons (Fsp3) is 0.786. The van der Waals surface area contributed by atoms with E-state index in [9.17, 15) is 4.79 Å². The van der Waals surface area contributed by atoms with Gasteiger partial charge >= 0.3 is 5.97 Å². The molecule has 1 rings (SSSR count). The summed E-state index contributed by atoms with van der Waals surface area (Å²) in [6, 6.07) is 0. The Kier molecular flexibility index (Phi) is 6.20.